The van der Waals surface area contributed by atoms with Crippen molar-refractivity contribution in [2.24, 2.45) is 5.92 Å². The second-order valence-corrected chi connectivity index (χ2v) is 8.73. The van der Waals surface area contributed by atoms with Crippen LogP contribution in [0, 0.1) is 5.92 Å². The van der Waals surface area contributed by atoms with Crippen LogP contribution in [-0.2, 0) is 12.8 Å². The number of nitrogens with zero attached hydrogens (tertiary/aromatic N) is 2. The zero-order chi connectivity index (χ0) is 22.4. The molecule has 0 N–H and O–H groups in total. The molecule has 4 heteroatoms. The fraction of sp³-hybridized carbons (Fsp3) is 0.138. The number of fused-ring (bicyclic) bond motifs is 3. The van der Waals surface area contributed by atoms with E-state index in [0.717, 1.165) is 27.7 Å². The lowest BCUT2D eigenvalue weighted by atomic mass is 9.83. The van der Waals surface area contributed by atoms with Gasteiger partial charge in [0.25, 0.3) is 11.8 Å². The highest BCUT2D eigenvalue weighted by atomic mass is 16.2. The molecule has 2 heterocycles. The van der Waals surface area contributed by atoms with E-state index in [1.165, 1.54) is 4.90 Å². The van der Waals surface area contributed by atoms with Crippen LogP contribution in [0.5, 0.6) is 0 Å². The molecular formula is C29H22N2O2. The number of hydrogen-bond acceptors (Lipinski definition) is 3. The van der Waals surface area contributed by atoms with Gasteiger partial charge in [-0.1, -0.05) is 72.8 Å². The molecule has 0 saturated heterocycles. The minimum Gasteiger partial charge on any atom is -0.270 e. The molecule has 2 atom stereocenters. The fourth-order valence-corrected chi connectivity index (χ4v) is 5.06. The van der Waals surface area contributed by atoms with E-state index >= 15 is 0 Å². The largest absolute Gasteiger partial charge is 0.270 e. The number of pyridine rings is 1. The summed E-state index contributed by atoms with van der Waals surface area (Å²) in [5, 5.41) is 1.11. The first-order valence-electron chi connectivity index (χ1n) is 11.3. The second kappa shape index (κ2) is 7.82. The molecule has 6 rings (SSSR count). The van der Waals surface area contributed by atoms with Crippen molar-refractivity contribution in [1.82, 2.24) is 9.88 Å². The van der Waals surface area contributed by atoms with Crippen LogP contribution in [0.25, 0.3) is 17.0 Å². The lowest BCUT2D eigenvalue weighted by molar-refractivity contribution is 0.0545. The third-order valence-corrected chi connectivity index (χ3v) is 6.73. The molecule has 1 aliphatic carbocycles. The van der Waals surface area contributed by atoms with Gasteiger partial charge in [-0.25, -0.2) is 0 Å². The Morgan fingerprint density at radius 1 is 0.848 bits per heavy atom. The summed E-state index contributed by atoms with van der Waals surface area (Å²) in [6, 6.07) is 27.2. The molecule has 0 radical (unpaired) electrons. The van der Waals surface area contributed by atoms with Gasteiger partial charge >= 0.3 is 0 Å². The van der Waals surface area contributed by atoms with E-state index in [1.54, 1.807) is 12.1 Å². The van der Waals surface area contributed by atoms with E-state index in [0.29, 0.717) is 24.0 Å². The van der Waals surface area contributed by atoms with E-state index < -0.39 is 0 Å². The summed E-state index contributed by atoms with van der Waals surface area (Å²) in [6.07, 6.45) is 5.53. The first-order chi connectivity index (χ1) is 16.2. The van der Waals surface area contributed by atoms with Gasteiger partial charge in [-0.15, -0.1) is 0 Å². The molecular weight excluding hydrogens is 408 g/mol. The predicted molar refractivity (Wildman–Crippen MR) is 129 cm³/mol. The highest BCUT2D eigenvalue weighted by Gasteiger charge is 2.42. The molecule has 0 bridgehead atoms. The van der Waals surface area contributed by atoms with Gasteiger partial charge in [0.15, 0.2) is 0 Å². The lowest BCUT2D eigenvalue weighted by Gasteiger charge is -2.33. The Balaban J connectivity index is 1.40. The standard InChI is InChI=1S/C29H22N2O2/c32-28-23-11-5-6-12-24(23)29(33)31(28)27(16-19-8-2-1-3-9-19)22-15-14-21-17-20-10-4-7-13-25(20)30-26(21)18-22/h1-15,17,22,27H,16,18H2. The van der Waals surface area contributed by atoms with Gasteiger partial charge < -0.3 is 0 Å². The lowest BCUT2D eigenvalue weighted by Crippen LogP contribution is -2.46. The van der Waals surface area contributed by atoms with Crippen molar-refractivity contribution >= 4 is 28.8 Å². The molecule has 1 aliphatic heterocycles. The van der Waals surface area contributed by atoms with Crippen molar-refractivity contribution in [3.63, 3.8) is 0 Å². The molecule has 160 valence electrons. The predicted octanol–water partition coefficient (Wildman–Crippen LogP) is 5.33. The average molecular weight is 431 g/mol. The number of rotatable bonds is 4. The highest BCUT2D eigenvalue weighted by molar-refractivity contribution is 6.21. The second-order valence-electron chi connectivity index (χ2n) is 8.73. The molecule has 1 aromatic heterocycles. The van der Waals surface area contributed by atoms with E-state index in [4.69, 9.17) is 4.98 Å². The van der Waals surface area contributed by atoms with Gasteiger partial charge in [-0.05, 0) is 48.2 Å². The average Bonchev–Trinajstić information content (AvgIpc) is 3.11. The summed E-state index contributed by atoms with van der Waals surface area (Å²) in [6.45, 7) is 0. The Bertz CT molecular complexity index is 1390. The van der Waals surface area contributed by atoms with E-state index in [1.807, 2.05) is 48.5 Å². The quantitative estimate of drug-likeness (QED) is 0.411. The molecule has 0 saturated carbocycles. The molecule has 33 heavy (non-hydrogen) atoms. The Morgan fingerprint density at radius 3 is 2.27 bits per heavy atom. The maximum absolute atomic E-state index is 13.4. The number of aromatic nitrogens is 1. The molecule has 2 amide bonds. The number of carbonyl (C=O) groups excluding carboxylic acids is 2. The summed E-state index contributed by atoms with van der Waals surface area (Å²) < 4.78 is 0. The van der Waals surface area contributed by atoms with Crippen molar-refractivity contribution in [2.75, 3.05) is 0 Å². The van der Waals surface area contributed by atoms with Crippen LogP contribution in [0.4, 0.5) is 0 Å². The number of hydrogen-bond donors (Lipinski definition) is 0. The zero-order valence-corrected chi connectivity index (χ0v) is 18.0. The monoisotopic (exact) mass is 430 g/mol. The van der Waals surface area contributed by atoms with Crippen LogP contribution >= 0.6 is 0 Å². The number of carbonyl (C=O) groups is 2. The Labute approximate surface area is 192 Å². The molecule has 0 fully saturated rings. The minimum absolute atomic E-state index is 0.0198. The molecule has 4 nitrogen and oxygen atoms in total. The Kier molecular flexibility index (Phi) is 4.65. The minimum atomic E-state index is -0.294. The molecule has 4 aromatic rings. The van der Waals surface area contributed by atoms with Gasteiger partial charge in [-0.3, -0.25) is 19.5 Å². The van der Waals surface area contributed by atoms with Crippen LogP contribution in [0.15, 0.2) is 91.0 Å². The van der Waals surface area contributed by atoms with Gasteiger partial charge in [0, 0.05) is 17.0 Å². The number of amides is 2. The Morgan fingerprint density at radius 2 is 1.52 bits per heavy atom. The van der Waals surface area contributed by atoms with Gasteiger partial charge in [-0.2, -0.15) is 0 Å². The van der Waals surface area contributed by atoms with Crippen LogP contribution in [-0.4, -0.2) is 27.7 Å². The van der Waals surface area contributed by atoms with Crippen LogP contribution < -0.4 is 0 Å². The number of imide groups is 1. The first kappa shape index (κ1) is 19.6. The SMILES string of the molecule is O=C1c2ccccc2C(=O)N1C(Cc1ccccc1)C1C=Cc2cc3ccccc3nc2C1. The third-order valence-electron chi connectivity index (χ3n) is 6.73. The van der Waals surface area contributed by atoms with Crippen LogP contribution in [0.2, 0.25) is 0 Å². The maximum Gasteiger partial charge on any atom is 0.261 e. The maximum atomic E-state index is 13.4. The summed E-state index contributed by atoms with van der Waals surface area (Å²) >= 11 is 0. The first-order valence-corrected chi connectivity index (χ1v) is 11.3. The summed E-state index contributed by atoms with van der Waals surface area (Å²) in [5.41, 5.74) is 5.16. The summed E-state index contributed by atoms with van der Waals surface area (Å²) in [7, 11) is 0. The van der Waals surface area contributed by atoms with Crippen LogP contribution in [0.1, 0.15) is 37.5 Å². The summed E-state index contributed by atoms with van der Waals surface area (Å²) in [5.74, 6) is -0.432. The molecule has 2 unspecified atom stereocenters. The molecule has 0 spiro atoms. The van der Waals surface area contributed by atoms with Gasteiger partial charge in [0.05, 0.1) is 22.7 Å². The van der Waals surface area contributed by atoms with Crippen molar-refractivity contribution in [1.29, 1.82) is 0 Å². The topological polar surface area (TPSA) is 50.3 Å². The van der Waals surface area contributed by atoms with Gasteiger partial charge in [0.2, 0.25) is 0 Å². The fourth-order valence-electron chi connectivity index (χ4n) is 5.06. The highest BCUT2D eigenvalue weighted by Crippen LogP contribution is 2.34. The van der Waals surface area contributed by atoms with Crippen molar-refractivity contribution < 1.29 is 9.59 Å². The zero-order valence-electron chi connectivity index (χ0n) is 18.0. The number of para-hydroxylation sites is 1. The van der Waals surface area contributed by atoms with Crippen molar-refractivity contribution in [3.05, 3.63) is 119 Å². The Hall–Kier alpha value is -4.05. The van der Waals surface area contributed by atoms with E-state index in [9.17, 15) is 9.59 Å². The smallest absolute Gasteiger partial charge is 0.261 e. The van der Waals surface area contributed by atoms with Crippen molar-refractivity contribution in [3.8, 4) is 0 Å². The van der Waals surface area contributed by atoms with Crippen molar-refractivity contribution in [2.45, 2.75) is 18.9 Å². The number of benzene rings is 3. The van der Waals surface area contributed by atoms with E-state index in [-0.39, 0.29) is 23.8 Å². The molecule has 3 aromatic carbocycles. The normalized spacial score (nSPS) is 17.8. The summed E-state index contributed by atoms with van der Waals surface area (Å²) in [4.78, 5) is 33.1. The third kappa shape index (κ3) is 3.35. The van der Waals surface area contributed by atoms with Crippen LogP contribution in [0.3, 0.4) is 0 Å². The van der Waals surface area contributed by atoms with Gasteiger partial charge in [0.1, 0.15) is 0 Å². The van der Waals surface area contributed by atoms with E-state index in [2.05, 4.69) is 36.4 Å². The molecule has 2 aliphatic rings.